The Morgan fingerprint density at radius 1 is 1.47 bits per heavy atom. The van der Waals surface area contributed by atoms with E-state index in [1.54, 1.807) is 11.9 Å². The van der Waals surface area contributed by atoms with Crippen molar-refractivity contribution in [2.45, 2.75) is 19.8 Å². The Balaban J connectivity index is 2.45. The summed E-state index contributed by atoms with van der Waals surface area (Å²) in [4.78, 5) is 13.7. The molecule has 0 saturated heterocycles. The summed E-state index contributed by atoms with van der Waals surface area (Å²) in [5.74, 6) is 0.0688. The van der Waals surface area contributed by atoms with E-state index in [1.807, 2.05) is 25.1 Å². The van der Waals surface area contributed by atoms with Gasteiger partial charge >= 0.3 is 0 Å². The second kappa shape index (κ2) is 6.35. The fourth-order valence-electron chi connectivity index (χ4n) is 1.63. The van der Waals surface area contributed by atoms with Crippen LogP contribution in [0, 0.1) is 6.92 Å². The van der Waals surface area contributed by atoms with E-state index in [-0.39, 0.29) is 5.91 Å². The number of rotatable bonds is 5. The lowest BCUT2D eigenvalue weighted by Crippen LogP contribution is -2.34. The number of nitrogens with two attached hydrogens (primary N) is 1. The second-order valence-electron chi connectivity index (χ2n) is 4.21. The zero-order valence-corrected chi connectivity index (χ0v) is 11.1. The average molecular weight is 250 g/mol. The minimum atomic E-state index is 0.0688. The SMILES string of the molecule is Cc1cccc(CCC(=O)N(C)CC(N)=S)c1. The Bertz CT molecular complexity index is 418. The molecule has 0 aliphatic heterocycles. The van der Waals surface area contributed by atoms with Crippen molar-refractivity contribution in [3.8, 4) is 0 Å². The Labute approximate surface area is 108 Å². The second-order valence-corrected chi connectivity index (χ2v) is 4.73. The van der Waals surface area contributed by atoms with E-state index >= 15 is 0 Å². The monoisotopic (exact) mass is 250 g/mol. The van der Waals surface area contributed by atoms with Gasteiger partial charge in [0.1, 0.15) is 0 Å². The van der Waals surface area contributed by atoms with Gasteiger partial charge in [-0.3, -0.25) is 4.79 Å². The van der Waals surface area contributed by atoms with Crippen LogP contribution >= 0.6 is 12.2 Å². The third-order valence-corrected chi connectivity index (χ3v) is 2.66. The van der Waals surface area contributed by atoms with Crippen LogP contribution in [-0.4, -0.2) is 29.4 Å². The lowest BCUT2D eigenvalue weighted by atomic mass is 10.1. The number of aryl methyl sites for hydroxylation is 2. The molecule has 1 aromatic rings. The molecule has 0 aliphatic carbocycles. The number of hydrogen-bond donors (Lipinski definition) is 1. The quantitative estimate of drug-likeness (QED) is 0.809. The van der Waals surface area contributed by atoms with E-state index in [9.17, 15) is 4.79 Å². The van der Waals surface area contributed by atoms with E-state index in [0.29, 0.717) is 18.0 Å². The fraction of sp³-hybridized carbons (Fsp3) is 0.385. The number of nitrogens with zero attached hydrogens (tertiary/aromatic N) is 1. The third-order valence-electron chi connectivity index (χ3n) is 2.53. The van der Waals surface area contributed by atoms with E-state index in [1.165, 1.54) is 11.1 Å². The molecule has 1 aromatic carbocycles. The van der Waals surface area contributed by atoms with Crippen molar-refractivity contribution in [2.75, 3.05) is 13.6 Å². The normalized spacial score (nSPS) is 10.0. The predicted molar refractivity (Wildman–Crippen MR) is 73.9 cm³/mol. The topological polar surface area (TPSA) is 46.3 Å². The molecule has 0 unspecified atom stereocenters. The Hall–Kier alpha value is -1.42. The van der Waals surface area contributed by atoms with E-state index in [4.69, 9.17) is 18.0 Å². The Morgan fingerprint density at radius 3 is 2.76 bits per heavy atom. The number of likely N-dealkylation sites (N-methyl/N-ethyl adjacent to an activating group) is 1. The number of hydrogen-bond acceptors (Lipinski definition) is 2. The molecule has 0 atom stereocenters. The maximum Gasteiger partial charge on any atom is 0.223 e. The lowest BCUT2D eigenvalue weighted by Gasteiger charge is -2.16. The number of thiocarbonyl (C=S) groups is 1. The highest BCUT2D eigenvalue weighted by Gasteiger charge is 2.09. The molecule has 0 aromatic heterocycles. The van der Waals surface area contributed by atoms with Crippen molar-refractivity contribution >= 4 is 23.1 Å². The summed E-state index contributed by atoms with van der Waals surface area (Å²) < 4.78 is 0. The van der Waals surface area contributed by atoms with Crippen molar-refractivity contribution < 1.29 is 4.79 Å². The summed E-state index contributed by atoms with van der Waals surface area (Å²) >= 11 is 4.77. The molecule has 1 amide bonds. The maximum absolute atomic E-state index is 11.7. The highest BCUT2D eigenvalue weighted by atomic mass is 32.1. The van der Waals surface area contributed by atoms with Gasteiger partial charge in [-0.05, 0) is 18.9 Å². The molecule has 0 saturated carbocycles. The van der Waals surface area contributed by atoms with Gasteiger partial charge in [0.15, 0.2) is 0 Å². The minimum Gasteiger partial charge on any atom is -0.392 e. The van der Waals surface area contributed by atoms with Gasteiger partial charge in [-0.25, -0.2) is 0 Å². The van der Waals surface area contributed by atoms with Crippen molar-refractivity contribution in [3.05, 3.63) is 35.4 Å². The standard InChI is InChI=1S/C13H18N2OS/c1-10-4-3-5-11(8-10)6-7-13(16)15(2)9-12(14)17/h3-5,8H,6-7,9H2,1-2H3,(H2,14,17). The molecule has 2 N–H and O–H groups in total. The van der Waals surface area contributed by atoms with Crippen LogP contribution in [0.5, 0.6) is 0 Å². The van der Waals surface area contributed by atoms with Gasteiger partial charge in [0, 0.05) is 13.5 Å². The van der Waals surface area contributed by atoms with Crippen LogP contribution in [0.15, 0.2) is 24.3 Å². The van der Waals surface area contributed by atoms with Crippen molar-refractivity contribution in [1.82, 2.24) is 4.90 Å². The first kappa shape index (κ1) is 13.6. The highest BCUT2D eigenvalue weighted by Crippen LogP contribution is 2.07. The van der Waals surface area contributed by atoms with E-state index in [0.717, 1.165) is 6.42 Å². The van der Waals surface area contributed by atoms with E-state index in [2.05, 4.69) is 6.07 Å². The lowest BCUT2D eigenvalue weighted by molar-refractivity contribution is -0.129. The summed E-state index contributed by atoms with van der Waals surface area (Å²) in [6, 6.07) is 8.19. The predicted octanol–water partition coefficient (Wildman–Crippen LogP) is 1.67. The van der Waals surface area contributed by atoms with Crippen LogP contribution in [0.4, 0.5) is 0 Å². The summed E-state index contributed by atoms with van der Waals surface area (Å²) in [5, 5.41) is 0. The first-order valence-corrected chi connectivity index (χ1v) is 5.97. The first-order valence-electron chi connectivity index (χ1n) is 5.57. The third kappa shape index (κ3) is 4.95. The van der Waals surface area contributed by atoms with Crippen molar-refractivity contribution in [3.63, 3.8) is 0 Å². The first-order chi connectivity index (χ1) is 7.99. The van der Waals surface area contributed by atoms with Gasteiger partial charge in [0.25, 0.3) is 0 Å². The molecule has 0 fully saturated rings. The number of carbonyl (C=O) groups is 1. The summed E-state index contributed by atoms with van der Waals surface area (Å²) in [7, 11) is 1.72. The van der Waals surface area contributed by atoms with Gasteiger partial charge in [-0.2, -0.15) is 0 Å². The Kier molecular flexibility index (Phi) is 5.10. The molecule has 0 heterocycles. The summed E-state index contributed by atoms with van der Waals surface area (Å²) in [6.45, 7) is 2.40. The molecular formula is C13H18N2OS. The number of amides is 1. The minimum absolute atomic E-state index is 0.0688. The van der Waals surface area contributed by atoms with Crippen LogP contribution in [0.25, 0.3) is 0 Å². The van der Waals surface area contributed by atoms with Gasteiger partial charge in [0.2, 0.25) is 5.91 Å². The van der Waals surface area contributed by atoms with Crippen LogP contribution in [0.1, 0.15) is 17.5 Å². The molecule has 4 heteroatoms. The average Bonchev–Trinajstić information content (AvgIpc) is 2.25. The zero-order valence-electron chi connectivity index (χ0n) is 10.3. The molecule has 3 nitrogen and oxygen atoms in total. The zero-order chi connectivity index (χ0) is 12.8. The van der Waals surface area contributed by atoms with Gasteiger partial charge < -0.3 is 10.6 Å². The summed E-state index contributed by atoms with van der Waals surface area (Å²) in [6.07, 6.45) is 1.24. The van der Waals surface area contributed by atoms with Crippen molar-refractivity contribution in [2.24, 2.45) is 5.73 Å². The van der Waals surface area contributed by atoms with Crippen LogP contribution in [0.2, 0.25) is 0 Å². The van der Waals surface area contributed by atoms with Crippen LogP contribution < -0.4 is 5.73 Å². The molecule has 0 radical (unpaired) electrons. The fourth-order valence-corrected chi connectivity index (χ4v) is 1.83. The Morgan fingerprint density at radius 2 is 2.18 bits per heavy atom. The van der Waals surface area contributed by atoms with Gasteiger partial charge in [-0.1, -0.05) is 42.0 Å². The molecule has 0 aliphatic rings. The molecule has 0 bridgehead atoms. The van der Waals surface area contributed by atoms with E-state index < -0.39 is 0 Å². The smallest absolute Gasteiger partial charge is 0.223 e. The maximum atomic E-state index is 11.7. The largest absolute Gasteiger partial charge is 0.392 e. The number of carbonyl (C=O) groups excluding carboxylic acids is 1. The molecule has 0 spiro atoms. The van der Waals surface area contributed by atoms with Gasteiger partial charge in [-0.15, -0.1) is 0 Å². The molecule has 1 rings (SSSR count). The van der Waals surface area contributed by atoms with Crippen molar-refractivity contribution in [1.29, 1.82) is 0 Å². The van der Waals surface area contributed by atoms with Crippen LogP contribution in [-0.2, 0) is 11.2 Å². The number of benzene rings is 1. The molecule has 92 valence electrons. The molecular weight excluding hydrogens is 232 g/mol. The van der Waals surface area contributed by atoms with Gasteiger partial charge in [0.05, 0.1) is 11.5 Å². The molecule has 17 heavy (non-hydrogen) atoms. The summed E-state index contributed by atoms with van der Waals surface area (Å²) in [5.41, 5.74) is 7.79. The highest BCUT2D eigenvalue weighted by molar-refractivity contribution is 7.80. The van der Waals surface area contributed by atoms with Crippen LogP contribution in [0.3, 0.4) is 0 Å².